The van der Waals surface area contributed by atoms with Gasteiger partial charge in [-0.1, -0.05) is 18.2 Å². The Kier molecular flexibility index (Phi) is 5.69. The summed E-state index contributed by atoms with van der Waals surface area (Å²) in [6.07, 6.45) is -4.63. The van der Waals surface area contributed by atoms with E-state index in [4.69, 9.17) is 0 Å². The lowest BCUT2D eigenvalue weighted by atomic mass is 10.1. The number of anilines is 2. The molecule has 0 bridgehead atoms. The van der Waals surface area contributed by atoms with E-state index in [0.717, 1.165) is 29.0 Å². The summed E-state index contributed by atoms with van der Waals surface area (Å²) >= 11 is 0. The number of benzene rings is 2. The molecule has 0 aliphatic rings. The Morgan fingerprint density at radius 3 is 2.27 bits per heavy atom. The molecule has 26 heavy (non-hydrogen) atoms. The van der Waals surface area contributed by atoms with E-state index in [0.29, 0.717) is 5.69 Å². The molecule has 2 aromatic rings. The molecule has 0 unspecified atom stereocenters. The number of carbonyl (C=O) groups is 2. The standard InChI is InChI=1S/C19H19F3N2O2/c1-12-8-9-15(10-13(12)2)23-18(26)11-24(14(3)25)17-7-5-4-6-16(17)19(20,21)22/h4-10H,11H2,1-3H3,(H,23,26). The first-order chi connectivity index (χ1) is 12.1. The van der Waals surface area contributed by atoms with E-state index in [2.05, 4.69) is 5.32 Å². The van der Waals surface area contributed by atoms with Crippen LogP contribution >= 0.6 is 0 Å². The number of aryl methyl sites for hydroxylation is 2. The van der Waals surface area contributed by atoms with Gasteiger partial charge in [-0.3, -0.25) is 9.59 Å². The Balaban J connectivity index is 2.25. The van der Waals surface area contributed by atoms with Crippen LogP contribution in [0.25, 0.3) is 0 Å². The number of amides is 2. The lowest BCUT2D eigenvalue weighted by molar-refractivity contribution is -0.137. The Bertz CT molecular complexity index is 832. The van der Waals surface area contributed by atoms with Crippen LogP contribution in [0.5, 0.6) is 0 Å². The first-order valence-electron chi connectivity index (χ1n) is 7.91. The number of nitrogens with one attached hydrogen (secondary N) is 1. The van der Waals surface area contributed by atoms with Crippen LogP contribution in [0.2, 0.25) is 0 Å². The summed E-state index contributed by atoms with van der Waals surface area (Å²) in [7, 11) is 0. The van der Waals surface area contributed by atoms with Gasteiger partial charge in [-0.05, 0) is 49.2 Å². The topological polar surface area (TPSA) is 49.4 Å². The number of rotatable bonds is 4. The van der Waals surface area contributed by atoms with Gasteiger partial charge in [0.05, 0.1) is 11.3 Å². The minimum atomic E-state index is -4.63. The maximum Gasteiger partial charge on any atom is 0.418 e. The van der Waals surface area contributed by atoms with Gasteiger partial charge in [0, 0.05) is 12.6 Å². The monoisotopic (exact) mass is 364 g/mol. The zero-order valence-corrected chi connectivity index (χ0v) is 14.6. The molecule has 7 heteroatoms. The number of halogens is 3. The second-order valence-electron chi connectivity index (χ2n) is 5.97. The molecule has 2 rings (SSSR count). The molecule has 0 aliphatic carbocycles. The fourth-order valence-electron chi connectivity index (χ4n) is 2.48. The van der Waals surface area contributed by atoms with Crippen molar-refractivity contribution in [2.75, 3.05) is 16.8 Å². The molecule has 2 aromatic carbocycles. The molecule has 0 aromatic heterocycles. The van der Waals surface area contributed by atoms with Crippen molar-refractivity contribution < 1.29 is 22.8 Å². The molecule has 0 saturated heterocycles. The van der Waals surface area contributed by atoms with E-state index in [9.17, 15) is 22.8 Å². The second-order valence-corrected chi connectivity index (χ2v) is 5.97. The molecule has 0 aliphatic heterocycles. The van der Waals surface area contributed by atoms with Crippen molar-refractivity contribution in [3.63, 3.8) is 0 Å². The Morgan fingerprint density at radius 1 is 1.04 bits per heavy atom. The lowest BCUT2D eigenvalue weighted by Gasteiger charge is -2.24. The third kappa shape index (κ3) is 4.62. The Labute approximate surface area is 149 Å². The minimum absolute atomic E-state index is 0.345. The number of nitrogens with zero attached hydrogens (tertiary/aromatic N) is 1. The third-order valence-corrected chi connectivity index (χ3v) is 3.97. The highest BCUT2D eigenvalue weighted by Gasteiger charge is 2.35. The van der Waals surface area contributed by atoms with Crippen molar-refractivity contribution in [1.82, 2.24) is 0 Å². The first-order valence-corrected chi connectivity index (χ1v) is 7.91. The summed E-state index contributed by atoms with van der Waals surface area (Å²) in [4.78, 5) is 25.0. The smallest absolute Gasteiger partial charge is 0.325 e. The first kappa shape index (κ1) is 19.5. The van der Waals surface area contributed by atoms with Crippen LogP contribution in [-0.4, -0.2) is 18.4 Å². The van der Waals surface area contributed by atoms with Crippen molar-refractivity contribution in [2.24, 2.45) is 0 Å². The molecule has 2 amide bonds. The van der Waals surface area contributed by atoms with Crippen LogP contribution in [0.1, 0.15) is 23.6 Å². The van der Waals surface area contributed by atoms with Gasteiger partial charge in [0.25, 0.3) is 0 Å². The fourth-order valence-corrected chi connectivity index (χ4v) is 2.48. The SMILES string of the molecule is CC(=O)N(CC(=O)Nc1ccc(C)c(C)c1)c1ccccc1C(F)(F)F. The molecular weight excluding hydrogens is 345 g/mol. The molecule has 138 valence electrons. The third-order valence-electron chi connectivity index (χ3n) is 3.97. The molecular formula is C19H19F3N2O2. The maximum atomic E-state index is 13.2. The summed E-state index contributed by atoms with van der Waals surface area (Å²) in [6.45, 7) is 4.41. The predicted octanol–water partition coefficient (Wildman–Crippen LogP) is 4.31. The number of alkyl halides is 3. The van der Waals surface area contributed by atoms with Crippen LogP contribution in [0.3, 0.4) is 0 Å². The summed E-state index contributed by atoms with van der Waals surface area (Å²) in [5.74, 6) is -1.24. The normalized spacial score (nSPS) is 11.2. The highest BCUT2D eigenvalue weighted by Crippen LogP contribution is 2.36. The van der Waals surface area contributed by atoms with E-state index in [1.807, 2.05) is 19.9 Å². The second kappa shape index (κ2) is 7.59. The molecule has 4 nitrogen and oxygen atoms in total. The molecule has 0 spiro atoms. The van der Waals surface area contributed by atoms with Gasteiger partial charge in [-0.2, -0.15) is 13.2 Å². The van der Waals surface area contributed by atoms with E-state index >= 15 is 0 Å². The molecule has 0 saturated carbocycles. The largest absolute Gasteiger partial charge is 0.418 e. The molecule has 1 N–H and O–H groups in total. The van der Waals surface area contributed by atoms with Gasteiger partial charge < -0.3 is 10.2 Å². The summed E-state index contributed by atoms with van der Waals surface area (Å²) < 4.78 is 39.6. The highest BCUT2D eigenvalue weighted by molar-refractivity contribution is 6.02. The van der Waals surface area contributed by atoms with E-state index in [-0.39, 0.29) is 5.69 Å². The quantitative estimate of drug-likeness (QED) is 0.879. The Morgan fingerprint density at radius 2 is 1.69 bits per heavy atom. The van der Waals surface area contributed by atoms with Crippen LogP contribution in [-0.2, 0) is 15.8 Å². The maximum absolute atomic E-state index is 13.2. The number of hydrogen-bond donors (Lipinski definition) is 1. The number of para-hydroxylation sites is 1. The average molecular weight is 364 g/mol. The molecule has 0 radical (unpaired) electrons. The van der Waals surface area contributed by atoms with E-state index in [1.54, 1.807) is 12.1 Å². The van der Waals surface area contributed by atoms with Crippen LogP contribution in [0.4, 0.5) is 24.5 Å². The van der Waals surface area contributed by atoms with Gasteiger partial charge >= 0.3 is 6.18 Å². The predicted molar refractivity (Wildman–Crippen MR) is 94.0 cm³/mol. The van der Waals surface area contributed by atoms with Crippen LogP contribution < -0.4 is 10.2 Å². The van der Waals surface area contributed by atoms with Gasteiger partial charge in [-0.25, -0.2) is 0 Å². The minimum Gasteiger partial charge on any atom is -0.325 e. The summed E-state index contributed by atoms with van der Waals surface area (Å²) in [6, 6.07) is 9.96. The van der Waals surface area contributed by atoms with E-state index < -0.39 is 30.1 Å². The van der Waals surface area contributed by atoms with Gasteiger partial charge in [0.2, 0.25) is 11.8 Å². The molecule has 0 fully saturated rings. The van der Waals surface area contributed by atoms with Crippen molar-refractivity contribution >= 4 is 23.2 Å². The van der Waals surface area contributed by atoms with Crippen LogP contribution in [0.15, 0.2) is 42.5 Å². The van der Waals surface area contributed by atoms with Gasteiger partial charge in [0.15, 0.2) is 0 Å². The zero-order valence-electron chi connectivity index (χ0n) is 14.6. The zero-order chi connectivity index (χ0) is 19.5. The van der Waals surface area contributed by atoms with E-state index in [1.165, 1.54) is 18.2 Å². The molecule has 0 heterocycles. The van der Waals surface area contributed by atoms with Crippen molar-refractivity contribution in [1.29, 1.82) is 0 Å². The summed E-state index contributed by atoms with van der Waals surface area (Å²) in [5.41, 5.74) is 1.23. The Hall–Kier alpha value is -2.83. The number of carbonyl (C=O) groups excluding carboxylic acids is 2. The van der Waals surface area contributed by atoms with Crippen molar-refractivity contribution in [3.8, 4) is 0 Å². The fraction of sp³-hybridized carbons (Fsp3) is 0.263. The van der Waals surface area contributed by atoms with Gasteiger partial charge in [-0.15, -0.1) is 0 Å². The van der Waals surface area contributed by atoms with Crippen LogP contribution in [0, 0.1) is 13.8 Å². The molecule has 0 atom stereocenters. The van der Waals surface area contributed by atoms with Crippen molar-refractivity contribution in [3.05, 3.63) is 59.2 Å². The average Bonchev–Trinajstić information content (AvgIpc) is 2.55. The summed E-state index contributed by atoms with van der Waals surface area (Å²) in [5, 5.41) is 2.61. The van der Waals surface area contributed by atoms with Gasteiger partial charge in [0.1, 0.15) is 6.54 Å². The highest BCUT2D eigenvalue weighted by atomic mass is 19.4. The lowest BCUT2D eigenvalue weighted by Crippen LogP contribution is -2.37. The van der Waals surface area contributed by atoms with Crippen molar-refractivity contribution in [2.45, 2.75) is 26.9 Å². The number of hydrogen-bond acceptors (Lipinski definition) is 2.